The van der Waals surface area contributed by atoms with Gasteiger partial charge >= 0.3 is 0 Å². The Labute approximate surface area is 137 Å². The number of anilines is 1. The summed E-state index contributed by atoms with van der Waals surface area (Å²) in [5.41, 5.74) is 7.37. The number of nitrogen functional groups attached to an aromatic ring is 1. The zero-order valence-electron chi connectivity index (χ0n) is 12.4. The average Bonchev–Trinajstić information content (AvgIpc) is 2.41. The van der Waals surface area contributed by atoms with Crippen molar-refractivity contribution in [3.63, 3.8) is 0 Å². The molecule has 0 unspecified atom stereocenters. The lowest BCUT2D eigenvalue weighted by Gasteiger charge is -2.21. The molecule has 0 fully saturated rings. The van der Waals surface area contributed by atoms with Crippen LogP contribution in [-0.4, -0.2) is 17.1 Å². The Morgan fingerprint density at radius 2 is 1.90 bits per heavy atom. The van der Waals surface area contributed by atoms with Gasteiger partial charge in [-0.25, -0.2) is 14.4 Å². The van der Waals surface area contributed by atoms with Crippen LogP contribution in [0.2, 0.25) is 0 Å². The zero-order valence-corrected chi connectivity index (χ0v) is 14.5. The Balaban J connectivity index is 2.62. The molecule has 0 saturated carbocycles. The molecular weight excluding hydrogens is 384 g/mol. The highest BCUT2D eigenvalue weighted by molar-refractivity contribution is 14.1. The molecule has 112 valence electrons. The predicted molar refractivity (Wildman–Crippen MR) is 89.8 cm³/mol. The van der Waals surface area contributed by atoms with Crippen molar-refractivity contribution in [2.75, 3.05) is 12.8 Å². The molecule has 4 nitrogen and oxygen atoms in total. The van der Waals surface area contributed by atoms with Crippen molar-refractivity contribution in [1.29, 1.82) is 0 Å². The first kappa shape index (κ1) is 15.9. The molecule has 0 aliphatic heterocycles. The molecular formula is C15H17FIN3O. The Hall–Kier alpha value is -1.44. The highest BCUT2D eigenvalue weighted by atomic mass is 127. The lowest BCUT2D eigenvalue weighted by atomic mass is 9.92. The summed E-state index contributed by atoms with van der Waals surface area (Å²) < 4.78 is 19.3. The molecule has 0 aliphatic rings. The lowest BCUT2D eigenvalue weighted by molar-refractivity contribution is 0.386. The van der Waals surface area contributed by atoms with Gasteiger partial charge in [-0.15, -0.1) is 0 Å². The number of benzene rings is 1. The summed E-state index contributed by atoms with van der Waals surface area (Å²) in [4.78, 5) is 8.91. The number of nitrogens with zero attached hydrogens (tertiary/aromatic N) is 2. The lowest BCUT2D eigenvalue weighted by Crippen LogP contribution is -2.18. The molecule has 2 N–H and O–H groups in total. The topological polar surface area (TPSA) is 61.0 Å². The van der Waals surface area contributed by atoms with Crippen LogP contribution in [0.15, 0.2) is 18.2 Å². The molecule has 1 heterocycles. The van der Waals surface area contributed by atoms with E-state index in [-0.39, 0.29) is 11.2 Å². The molecule has 2 aromatic rings. The summed E-state index contributed by atoms with van der Waals surface area (Å²) in [6.07, 6.45) is 0. The molecule has 0 bridgehead atoms. The van der Waals surface area contributed by atoms with Gasteiger partial charge in [-0.1, -0.05) is 20.8 Å². The van der Waals surface area contributed by atoms with Gasteiger partial charge in [0.25, 0.3) is 0 Å². The fraction of sp³-hybridized carbons (Fsp3) is 0.333. The summed E-state index contributed by atoms with van der Waals surface area (Å²) in [5, 5.41) is 0. The summed E-state index contributed by atoms with van der Waals surface area (Å²) in [6, 6.07) is 4.53. The van der Waals surface area contributed by atoms with E-state index in [0.29, 0.717) is 17.2 Å². The van der Waals surface area contributed by atoms with E-state index < -0.39 is 5.82 Å². The number of aromatic nitrogens is 2. The minimum atomic E-state index is -0.421. The fourth-order valence-electron chi connectivity index (χ4n) is 1.89. The molecule has 0 spiro atoms. The third-order valence-electron chi connectivity index (χ3n) is 3.00. The molecule has 21 heavy (non-hydrogen) atoms. The van der Waals surface area contributed by atoms with Gasteiger partial charge in [0, 0.05) is 11.0 Å². The van der Waals surface area contributed by atoms with E-state index in [1.807, 2.05) is 0 Å². The second kappa shape index (κ2) is 5.75. The summed E-state index contributed by atoms with van der Waals surface area (Å²) in [7, 11) is 1.42. The Morgan fingerprint density at radius 1 is 1.24 bits per heavy atom. The maximum absolute atomic E-state index is 13.5. The number of methoxy groups -OCH3 is 1. The van der Waals surface area contributed by atoms with E-state index in [2.05, 4.69) is 53.3 Å². The van der Waals surface area contributed by atoms with Crippen molar-refractivity contribution in [3.8, 4) is 17.1 Å². The van der Waals surface area contributed by atoms with Crippen LogP contribution in [-0.2, 0) is 5.41 Å². The minimum absolute atomic E-state index is 0.158. The van der Waals surface area contributed by atoms with E-state index in [1.54, 1.807) is 12.1 Å². The van der Waals surface area contributed by atoms with Crippen molar-refractivity contribution in [1.82, 2.24) is 9.97 Å². The second-order valence-corrected chi connectivity index (χ2v) is 6.77. The Morgan fingerprint density at radius 3 is 2.48 bits per heavy atom. The largest absolute Gasteiger partial charge is 0.494 e. The number of halogens is 2. The average molecular weight is 401 g/mol. The summed E-state index contributed by atoms with van der Waals surface area (Å²) in [5.74, 6) is 0.631. The van der Waals surface area contributed by atoms with Crippen LogP contribution in [0.5, 0.6) is 5.75 Å². The van der Waals surface area contributed by atoms with E-state index in [4.69, 9.17) is 10.5 Å². The normalized spacial score (nSPS) is 11.5. The summed E-state index contributed by atoms with van der Waals surface area (Å²) >= 11 is 2.15. The SMILES string of the molecule is COc1cc(-c2nc(N)c(I)c(C(C)(C)C)n2)ccc1F. The number of rotatable bonds is 2. The van der Waals surface area contributed by atoms with E-state index in [0.717, 1.165) is 9.26 Å². The zero-order chi connectivity index (χ0) is 15.8. The van der Waals surface area contributed by atoms with Gasteiger partial charge in [-0.3, -0.25) is 0 Å². The van der Waals surface area contributed by atoms with Crippen LogP contribution >= 0.6 is 22.6 Å². The second-order valence-electron chi connectivity index (χ2n) is 5.69. The van der Waals surface area contributed by atoms with Crippen LogP contribution in [0.4, 0.5) is 10.2 Å². The van der Waals surface area contributed by atoms with Crippen LogP contribution in [0.1, 0.15) is 26.5 Å². The molecule has 0 saturated heterocycles. The van der Waals surface area contributed by atoms with Crippen LogP contribution in [0, 0.1) is 9.39 Å². The Bertz CT molecular complexity index is 683. The molecule has 1 aromatic carbocycles. The minimum Gasteiger partial charge on any atom is -0.494 e. The van der Waals surface area contributed by atoms with E-state index in [1.165, 1.54) is 13.2 Å². The number of ether oxygens (including phenoxy) is 1. The Kier molecular flexibility index (Phi) is 4.36. The van der Waals surface area contributed by atoms with Crippen molar-refractivity contribution in [3.05, 3.63) is 33.3 Å². The van der Waals surface area contributed by atoms with Crippen molar-refractivity contribution in [2.45, 2.75) is 26.2 Å². The maximum atomic E-state index is 13.5. The highest BCUT2D eigenvalue weighted by Gasteiger charge is 2.23. The van der Waals surface area contributed by atoms with Crippen molar-refractivity contribution in [2.24, 2.45) is 0 Å². The fourth-order valence-corrected chi connectivity index (χ4v) is 2.94. The van der Waals surface area contributed by atoms with Gasteiger partial charge in [0.05, 0.1) is 16.4 Å². The maximum Gasteiger partial charge on any atom is 0.165 e. The van der Waals surface area contributed by atoms with E-state index >= 15 is 0 Å². The van der Waals surface area contributed by atoms with Crippen LogP contribution < -0.4 is 10.5 Å². The third-order valence-corrected chi connectivity index (χ3v) is 4.06. The van der Waals surface area contributed by atoms with Crippen molar-refractivity contribution >= 4 is 28.4 Å². The third kappa shape index (κ3) is 3.25. The highest BCUT2D eigenvalue weighted by Crippen LogP contribution is 2.31. The molecule has 0 amide bonds. The van der Waals surface area contributed by atoms with E-state index in [9.17, 15) is 4.39 Å². The smallest absolute Gasteiger partial charge is 0.165 e. The van der Waals surface area contributed by atoms with Crippen LogP contribution in [0.3, 0.4) is 0 Å². The first-order valence-electron chi connectivity index (χ1n) is 6.41. The standard InChI is InChI=1S/C15H17FIN3O/c1-15(2,3)12-11(17)13(18)20-14(19-12)8-5-6-9(16)10(7-8)21-4/h5-7H,1-4H3,(H2,18,19,20). The quantitative estimate of drug-likeness (QED) is 0.779. The summed E-state index contributed by atoms with van der Waals surface area (Å²) in [6.45, 7) is 6.18. The number of hydrogen-bond acceptors (Lipinski definition) is 4. The molecule has 1 aromatic heterocycles. The molecule has 0 atom stereocenters. The van der Waals surface area contributed by atoms with Crippen molar-refractivity contribution < 1.29 is 9.13 Å². The molecule has 2 rings (SSSR count). The van der Waals surface area contributed by atoms with Gasteiger partial charge in [-0.05, 0) is 40.8 Å². The van der Waals surface area contributed by atoms with Gasteiger partial charge in [0.1, 0.15) is 5.82 Å². The monoisotopic (exact) mass is 401 g/mol. The predicted octanol–water partition coefficient (Wildman–Crippen LogP) is 3.78. The molecule has 0 radical (unpaired) electrons. The molecule has 6 heteroatoms. The number of hydrogen-bond donors (Lipinski definition) is 1. The van der Waals surface area contributed by atoms with Gasteiger partial charge < -0.3 is 10.5 Å². The van der Waals surface area contributed by atoms with Gasteiger partial charge in [0.2, 0.25) is 0 Å². The first-order valence-corrected chi connectivity index (χ1v) is 7.49. The number of nitrogens with two attached hydrogens (primary N) is 1. The van der Waals surface area contributed by atoms with Gasteiger partial charge in [-0.2, -0.15) is 0 Å². The first-order chi connectivity index (χ1) is 9.74. The van der Waals surface area contributed by atoms with Crippen LogP contribution in [0.25, 0.3) is 11.4 Å². The molecule has 0 aliphatic carbocycles. The van der Waals surface area contributed by atoms with Gasteiger partial charge in [0.15, 0.2) is 17.4 Å².